The van der Waals surface area contributed by atoms with Gasteiger partial charge in [0.1, 0.15) is 5.75 Å². The maximum atomic E-state index is 6.24. The van der Waals surface area contributed by atoms with Crippen molar-refractivity contribution in [3.63, 3.8) is 0 Å². The van der Waals surface area contributed by atoms with E-state index in [1.165, 1.54) is 50.5 Å². The van der Waals surface area contributed by atoms with Crippen molar-refractivity contribution in [2.24, 2.45) is 0 Å². The summed E-state index contributed by atoms with van der Waals surface area (Å²) in [6.07, 6.45) is 10.3. The number of hydrogen-bond donors (Lipinski definition) is 0. The molecule has 0 aromatic heterocycles. The minimum absolute atomic E-state index is 0.325. The van der Waals surface area contributed by atoms with Gasteiger partial charge in [-0.05, 0) is 48.7 Å². The Morgan fingerprint density at radius 2 is 1.25 bits per heavy atom. The zero-order valence-corrected chi connectivity index (χ0v) is 20.3. The number of unbranched alkanes of at least 4 members (excludes halogenated alkanes) is 7. The van der Waals surface area contributed by atoms with Crippen LogP contribution in [0.4, 0.5) is 0 Å². The summed E-state index contributed by atoms with van der Waals surface area (Å²) < 4.78 is 17.2. The molecule has 0 heterocycles. The van der Waals surface area contributed by atoms with Gasteiger partial charge in [0, 0.05) is 13.2 Å². The van der Waals surface area contributed by atoms with Crippen molar-refractivity contribution in [2.45, 2.75) is 96.9 Å². The van der Waals surface area contributed by atoms with Gasteiger partial charge in [0.2, 0.25) is 0 Å². The van der Waals surface area contributed by atoms with Crippen LogP contribution in [0.3, 0.4) is 0 Å². The van der Waals surface area contributed by atoms with E-state index in [4.69, 9.17) is 13.9 Å². The lowest BCUT2D eigenvalue weighted by molar-refractivity contribution is 0.116. The van der Waals surface area contributed by atoms with Crippen LogP contribution in [0.2, 0.25) is 18.1 Å². The second-order valence-electron chi connectivity index (χ2n) is 9.34. The summed E-state index contributed by atoms with van der Waals surface area (Å²) in [7, 11) is 0.145. The highest BCUT2D eigenvalue weighted by Crippen LogP contribution is 2.36. The number of benzene rings is 1. The standard InChI is InChI=1S/C24H44O3Si/c1-24(2,3)28(5,6)27-20-14-12-10-8-7-9-11-13-19-26-21-22-15-17-23(25-4)18-16-22/h15-18H,7-14,19-21H2,1-6H3. The van der Waals surface area contributed by atoms with Crippen LogP contribution >= 0.6 is 0 Å². The Bertz CT molecular complexity index is 506. The second kappa shape index (κ2) is 13.4. The zero-order chi connectivity index (χ0) is 20.9. The van der Waals surface area contributed by atoms with Gasteiger partial charge in [-0.2, -0.15) is 0 Å². The van der Waals surface area contributed by atoms with Gasteiger partial charge in [-0.3, -0.25) is 0 Å². The average Bonchev–Trinajstić information content (AvgIpc) is 2.65. The third kappa shape index (κ3) is 10.6. The van der Waals surface area contributed by atoms with Gasteiger partial charge in [-0.1, -0.05) is 71.4 Å². The van der Waals surface area contributed by atoms with Crippen molar-refractivity contribution in [1.82, 2.24) is 0 Å². The molecule has 0 radical (unpaired) electrons. The van der Waals surface area contributed by atoms with Crippen LogP contribution in [0.1, 0.15) is 77.7 Å². The Morgan fingerprint density at radius 1 is 0.750 bits per heavy atom. The van der Waals surface area contributed by atoms with Gasteiger partial charge in [0.25, 0.3) is 0 Å². The third-order valence-corrected chi connectivity index (χ3v) is 10.4. The lowest BCUT2D eigenvalue weighted by Gasteiger charge is -2.36. The molecule has 1 aromatic rings. The summed E-state index contributed by atoms with van der Waals surface area (Å²) in [5.41, 5.74) is 1.21. The van der Waals surface area contributed by atoms with Crippen molar-refractivity contribution in [3.05, 3.63) is 29.8 Å². The molecule has 3 nitrogen and oxygen atoms in total. The summed E-state index contributed by atoms with van der Waals surface area (Å²) in [6, 6.07) is 8.10. The molecule has 0 fully saturated rings. The first-order chi connectivity index (χ1) is 13.3. The van der Waals surface area contributed by atoms with E-state index in [2.05, 4.69) is 46.0 Å². The summed E-state index contributed by atoms with van der Waals surface area (Å²) in [6.45, 7) is 14.1. The van der Waals surface area contributed by atoms with Crippen molar-refractivity contribution in [2.75, 3.05) is 20.3 Å². The van der Waals surface area contributed by atoms with Crippen LogP contribution in [0.5, 0.6) is 5.75 Å². The molecule has 0 spiro atoms. The van der Waals surface area contributed by atoms with Crippen LogP contribution in [0.15, 0.2) is 24.3 Å². The molecule has 4 heteroatoms. The molecular formula is C24H44O3Si. The maximum absolute atomic E-state index is 6.24. The summed E-state index contributed by atoms with van der Waals surface area (Å²) >= 11 is 0. The normalized spacial score (nSPS) is 12.4. The van der Waals surface area contributed by atoms with Gasteiger partial charge in [-0.25, -0.2) is 0 Å². The average molecular weight is 409 g/mol. The lowest BCUT2D eigenvalue weighted by atomic mass is 10.1. The Hall–Kier alpha value is -0.843. The number of methoxy groups -OCH3 is 1. The zero-order valence-electron chi connectivity index (χ0n) is 19.3. The molecule has 0 amide bonds. The van der Waals surface area contributed by atoms with Gasteiger partial charge in [-0.15, -0.1) is 0 Å². The van der Waals surface area contributed by atoms with E-state index in [1.807, 2.05) is 12.1 Å². The quantitative estimate of drug-likeness (QED) is 0.224. The van der Waals surface area contributed by atoms with Crippen LogP contribution in [-0.4, -0.2) is 28.6 Å². The van der Waals surface area contributed by atoms with Crippen LogP contribution < -0.4 is 4.74 Å². The molecule has 0 bridgehead atoms. The predicted molar refractivity (Wildman–Crippen MR) is 123 cm³/mol. The SMILES string of the molecule is COc1ccc(COCCCCCCCCCCO[Si](C)(C)C(C)(C)C)cc1. The predicted octanol–water partition coefficient (Wildman–Crippen LogP) is 7.35. The van der Waals surface area contributed by atoms with Gasteiger partial charge in [0.05, 0.1) is 13.7 Å². The summed E-state index contributed by atoms with van der Waals surface area (Å²) in [5.74, 6) is 0.895. The molecule has 0 saturated heterocycles. The Morgan fingerprint density at radius 3 is 1.75 bits per heavy atom. The van der Waals surface area contributed by atoms with E-state index in [-0.39, 0.29) is 0 Å². The van der Waals surface area contributed by atoms with E-state index in [0.29, 0.717) is 11.6 Å². The van der Waals surface area contributed by atoms with Gasteiger partial charge < -0.3 is 13.9 Å². The highest BCUT2D eigenvalue weighted by Gasteiger charge is 2.36. The molecule has 0 aliphatic carbocycles. The molecule has 162 valence electrons. The topological polar surface area (TPSA) is 27.7 Å². The number of ether oxygens (including phenoxy) is 2. The Kier molecular flexibility index (Phi) is 12.1. The first kappa shape index (κ1) is 25.2. The molecule has 0 atom stereocenters. The van der Waals surface area contributed by atoms with Crippen LogP contribution in [0.25, 0.3) is 0 Å². The van der Waals surface area contributed by atoms with Crippen molar-refractivity contribution in [3.8, 4) is 5.75 Å². The van der Waals surface area contributed by atoms with Crippen LogP contribution in [0, 0.1) is 0 Å². The number of hydrogen-bond acceptors (Lipinski definition) is 3. The van der Waals surface area contributed by atoms with E-state index in [9.17, 15) is 0 Å². The molecule has 28 heavy (non-hydrogen) atoms. The molecule has 1 aromatic carbocycles. The smallest absolute Gasteiger partial charge is 0.191 e. The molecular weight excluding hydrogens is 364 g/mol. The first-order valence-electron chi connectivity index (χ1n) is 11.1. The highest BCUT2D eigenvalue weighted by atomic mass is 28.4. The molecule has 0 unspecified atom stereocenters. The van der Waals surface area contributed by atoms with Crippen molar-refractivity contribution >= 4 is 8.32 Å². The van der Waals surface area contributed by atoms with Gasteiger partial charge in [0.15, 0.2) is 8.32 Å². The fraction of sp³-hybridized carbons (Fsp3) is 0.750. The van der Waals surface area contributed by atoms with E-state index in [0.717, 1.165) is 25.4 Å². The van der Waals surface area contributed by atoms with Crippen molar-refractivity contribution in [1.29, 1.82) is 0 Å². The Balaban J connectivity index is 1.87. The minimum Gasteiger partial charge on any atom is -0.497 e. The summed E-state index contributed by atoms with van der Waals surface area (Å²) in [5, 5.41) is 0.325. The molecule has 0 aliphatic heterocycles. The van der Waals surface area contributed by atoms with Crippen LogP contribution in [-0.2, 0) is 15.8 Å². The maximum Gasteiger partial charge on any atom is 0.191 e. The monoisotopic (exact) mass is 408 g/mol. The fourth-order valence-corrected chi connectivity index (χ4v) is 3.91. The fourth-order valence-electron chi connectivity index (χ4n) is 2.82. The van der Waals surface area contributed by atoms with E-state index < -0.39 is 8.32 Å². The first-order valence-corrected chi connectivity index (χ1v) is 14.0. The minimum atomic E-state index is -1.55. The highest BCUT2D eigenvalue weighted by molar-refractivity contribution is 6.74. The summed E-state index contributed by atoms with van der Waals surface area (Å²) in [4.78, 5) is 0. The van der Waals surface area contributed by atoms with Crippen molar-refractivity contribution < 1.29 is 13.9 Å². The molecule has 0 N–H and O–H groups in total. The van der Waals surface area contributed by atoms with E-state index >= 15 is 0 Å². The second-order valence-corrected chi connectivity index (χ2v) is 14.1. The molecule has 0 saturated carbocycles. The molecule has 0 aliphatic rings. The van der Waals surface area contributed by atoms with Gasteiger partial charge >= 0.3 is 0 Å². The Labute approximate surface area is 175 Å². The largest absolute Gasteiger partial charge is 0.497 e. The number of rotatable bonds is 15. The van der Waals surface area contributed by atoms with E-state index in [1.54, 1.807) is 7.11 Å². The third-order valence-electron chi connectivity index (χ3n) is 5.88. The molecule has 1 rings (SSSR count). The lowest BCUT2D eigenvalue weighted by Crippen LogP contribution is -2.40.